The van der Waals surface area contributed by atoms with Crippen LogP contribution in [0.2, 0.25) is 0 Å². The average molecular weight is 510 g/mol. The maximum atomic E-state index is 4.55. The van der Waals surface area contributed by atoms with Gasteiger partial charge in [0, 0.05) is 24.3 Å². The molecular weight excluding hydrogens is 450 g/mol. The quantitative estimate of drug-likeness (QED) is 0.154. The molecule has 2 N–H and O–H groups in total. The number of nitrogens with zero attached hydrogens (tertiary/aromatic N) is 1. The Kier molecular flexibility index (Phi) is 12.9. The van der Waals surface area contributed by atoms with E-state index in [1.54, 1.807) is 0 Å². The second-order valence-corrected chi connectivity index (χ2v) is 13.4. The van der Waals surface area contributed by atoms with Gasteiger partial charge in [0.2, 0.25) is 0 Å². The summed E-state index contributed by atoms with van der Waals surface area (Å²) in [5, 5.41) is 7.03. The Hall–Kier alpha value is -1.58. The zero-order chi connectivity index (χ0) is 27.4. The van der Waals surface area contributed by atoms with E-state index < -0.39 is 0 Å². The first-order valence-corrected chi connectivity index (χ1v) is 15.0. The van der Waals surface area contributed by atoms with E-state index in [0.29, 0.717) is 10.8 Å². The number of allylic oxidation sites excluding steroid dienone is 2. The van der Waals surface area contributed by atoms with Crippen LogP contribution in [-0.4, -0.2) is 43.7 Å². The van der Waals surface area contributed by atoms with Gasteiger partial charge in [0.25, 0.3) is 0 Å². The Bertz CT molecular complexity index is 800. The molecule has 1 fully saturated rings. The number of likely N-dealkylation sites (tertiary alicyclic amines) is 1. The van der Waals surface area contributed by atoms with Gasteiger partial charge in [0.1, 0.15) is 0 Å². The van der Waals surface area contributed by atoms with Gasteiger partial charge in [-0.25, -0.2) is 0 Å². The molecule has 0 spiro atoms. The number of rotatable bonds is 18. The lowest BCUT2D eigenvalue weighted by Crippen LogP contribution is -2.40. The molecule has 0 bridgehead atoms. The highest BCUT2D eigenvalue weighted by Crippen LogP contribution is 2.39. The van der Waals surface area contributed by atoms with Crippen molar-refractivity contribution < 1.29 is 0 Å². The molecule has 3 nitrogen and oxygen atoms in total. The Morgan fingerprint density at radius 2 is 1.57 bits per heavy atom. The van der Waals surface area contributed by atoms with Crippen molar-refractivity contribution in [1.82, 2.24) is 15.5 Å². The van der Waals surface area contributed by atoms with Crippen molar-refractivity contribution in [2.24, 2.45) is 10.8 Å². The zero-order valence-electron chi connectivity index (χ0n) is 25.4. The predicted octanol–water partition coefficient (Wildman–Crippen LogP) is 8.14. The largest absolute Gasteiger partial charge is 0.389 e. The number of piperidine rings is 1. The summed E-state index contributed by atoms with van der Waals surface area (Å²) in [7, 11) is 2.06. The van der Waals surface area contributed by atoms with Crippen LogP contribution in [0.3, 0.4) is 0 Å². The molecule has 1 heterocycles. The number of unbranched alkanes of at least 4 members (excludes halogenated alkanes) is 1. The molecule has 0 unspecified atom stereocenters. The van der Waals surface area contributed by atoms with E-state index in [0.717, 1.165) is 25.8 Å². The summed E-state index contributed by atoms with van der Waals surface area (Å²) in [6, 6.07) is 10.9. The lowest BCUT2D eigenvalue weighted by molar-refractivity contribution is 0.143. The lowest BCUT2D eigenvalue weighted by Gasteiger charge is -2.41. The summed E-state index contributed by atoms with van der Waals surface area (Å²) in [5.41, 5.74) is 5.05. The number of benzene rings is 1. The van der Waals surface area contributed by atoms with Gasteiger partial charge in [-0.2, -0.15) is 0 Å². The van der Waals surface area contributed by atoms with Gasteiger partial charge < -0.3 is 15.5 Å². The number of nitrogens with one attached hydrogen (secondary N) is 2. The predicted molar refractivity (Wildman–Crippen MR) is 164 cm³/mol. The van der Waals surface area contributed by atoms with Crippen LogP contribution in [-0.2, 0) is 6.42 Å². The molecule has 210 valence electrons. The minimum Gasteiger partial charge on any atom is -0.389 e. The Morgan fingerprint density at radius 3 is 2.22 bits per heavy atom. The van der Waals surface area contributed by atoms with E-state index in [2.05, 4.69) is 101 Å². The first-order valence-electron chi connectivity index (χ1n) is 15.0. The van der Waals surface area contributed by atoms with Crippen molar-refractivity contribution in [3.63, 3.8) is 0 Å². The van der Waals surface area contributed by atoms with E-state index in [9.17, 15) is 0 Å². The summed E-state index contributed by atoms with van der Waals surface area (Å²) in [4.78, 5) is 2.64. The first kappa shape index (κ1) is 31.6. The molecule has 0 aromatic heterocycles. The average Bonchev–Trinajstić information content (AvgIpc) is 2.86. The second-order valence-electron chi connectivity index (χ2n) is 13.4. The molecule has 37 heavy (non-hydrogen) atoms. The van der Waals surface area contributed by atoms with Crippen molar-refractivity contribution in [2.75, 3.05) is 33.2 Å². The van der Waals surface area contributed by atoms with Crippen LogP contribution in [0, 0.1) is 10.8 Å². The standard InChI is InChI=1S/C34H59N3/c1-29(34(7)23-27-37(28-24-34)26-19-31-17-10-9-11-18-31)15-12-13-16-30(2)36-25-22-32(3,4)20-14-21-33(5,6)35-8/h9-11,17-18,35-36H,1-2,12-16,19-28H2,3-8H3. The molecule has 0 amide bonds. The van der Waals surface area contributed by atoms with Crippen molar-refractivity contribution >= 4 is 0 Å². The first-order chi connectivity index (χ1) is 17.4. The second kappa shape index (κ2) is 15.1. The SMILES string of the molecule is C=C(CCCCC(=C)C1(C)CCN(CCc2ccccc2)CC1)NCCC(C)(C)CCCC(C)(C)NC. The summed E-state index contributed by atoms with van der Waals surface area (Å²) < 4.78 is 0. The molecule has 2 rings (SSSR count). The molecule has 1 aliphatic heterocycles. The Labute approximate surface area is 230 Å². The fraction of sp³-hybridized carbons (Fsp3) is 0.706. The molecule has 0 saturated carbocycles. The molecule has 0 atom stereocenters. The van der Waals surface area contributed by atoms with E-state index in [1.165, 1.54) is 87.8 Å². The minimum absolute atomic E-state index is 0.241. The van der Waals surface area contributed by atoms with Crippen LogP contribution in [0.1, 0.15) is 104 Å². The highest BCUT2D eigenvalue weighted by Gasteiger charge is 2.32. The Balaban J connectivity index is 1.55. The summed E-state index contributed by atoms with van der Waals surface area (Å²) in [6.45, 7) is 25.3. The van der Waals surface area contributed by atoms with Gasteiger partial charge in [-0.05, 0) is 115 Å². The Morgan fingerprint density at radius 1 is 0.919 bits per heavy atom. The van der Waals surface area contributed by atoms with E-state index in [4.69, 9.17) is 0 Å². The molecular formula is C34H59N3. The maximum absolute atomic E-state index is 4.55. The van der Waals surface area contributed by atoms with Gasteiger partial charge in [-0.3, -0.25) is 0 Å². The van der Waals surface area contributed by atoms with Crippen molar-refractivity contribution in [3.05, 3.63) is 60.3 Å². The van der Waals surface area contributed by atoms with Gasteiger partial charge in [0.05, 0.1) is 0 Å². The van der Waals surface area contributed by atoms with E-state index in [-0.39, 0.29) is 5.54 Å². The molecule has 0 aliphatic carbocycles. The number of hydrogen-bond acceptors (Lipinski definition) is 3. The van der Waals surface area contributed by atoms with Gasteiger partial charge in [-0.15, -0.1) is 0 Å². The smallest absolute Gasteiger partial charge is 0.0148 e. The fourth-order valence-electron chi connectivity index (χ4n) is 5.46. The molecule has 1 aromatic carbocycles. The zero-order valence-corrected chi connectivity index (χ0v) is 25.4. The highest BCUT2D eigenvalue weighted by atomic mass is 15.1. The van der Waals surface area contributed by atoms with Crippen LogP contribution in [0.25, 0.3) is 0 Å². The normalized spacial score (nSPS) is 16.5. The molecule has 1 aromatic rings. The topological polar surface area (TPSA) is 27.3 Å². The molecule has 0 radical (unpaired) electrons. The summed E-state index contributed by atoms with van der Waals surface area (Å²) in [6.07, 6.45) is 13.3. The molecule has 3 heteroatoms. The molecule has 1 aliphatic rings. The maximum Gasteiger partial charge on any atom is 0.0148 e. The summed E-state index contributed by atoms with van der Waals surface area (Å²) in [5.74, 6) is 0. The van der Waals surface area contributed by atoms with Crippen LogP contribution < -0.4 is 10.6 Å². The number of hydrogen-bond donors (Lipinski definition) is 2. The molecule has 1 saturated heterocycles. The summed E-state index contributed by atoms with van der Waals surface area (Å²) >= 11 is 0. The van der Waals surface area contributed by atoms with Crippen molar-refractivity contribution in [2.45, 2.75) is 111 Å². The van der Waals surface area contributed by atoms with E-state index in [1.807, 2.05) is 0 Å². The third kappa shape index (κ3) is 12.2. The van der Waals surface area contributed by atoms with Crippen LogP contribution in [0.4, 0.5) is 0 Å². The lowest BCUT2D eigenvalue weighted by atomic mass is 9.73. The highest BCUT2D eigenvalue weighted by molar-refractivity contribution is 5.15. The minimum atomic E-state index is 0.241. The monoisotopic (exact) mass is 509 g/mol. The van der Waals surface area contributed by atoms with Crippen molar-refractivity contribution in [1.29, 1.82) is 0 Å². The fourth-order valence-corrected chi connectivity index (χ4v) is 5.46. The van der Waals surface area contributed by atoms with Crippen LogP contribution >= 0.6 is 0 Å². The van der Waals surface area contributed by atoms with E-state index >= 15 is 0 Å². The third-order valence-corrected chi connectivity index (χ3v) is 9.09. The van der Waals surface area contributed by atoms with Crippen LogP contribution in [0.15, 0.2) is 54.8 Å². The van der Waals surface area contributed by atoms with Crippen molar-refractivity contribution in [3.8, 4) is 0 Å². The van der Waals surface area contributed by atoms with Gasteiger partial charge >= 0.3 is 0 Å². The third-order valence-electron chi connectivity index (χ3n) is 9.09. The van der Waals surface area contributed by atoms with Gasteiger partial charge in [0.15, 0.2) is 0 Å². The van der Waals surface area contributed by atoms with Gasteiger partial charge in [-0.1, -0.05) is 76.3 Å². The van der Waals surface area contributed by atoms with Crippen LogP contribution in [0.5, 0.6) is 0 Å².